The highest BCUT2D eigenvalue weighted by molar-refractivity contribution is 7.89. The molecular formula is C20H29N3O4S. The molecule has 2 unspecified atom stereocenters. The van der Waals surface area contributed by atoms with E-state index in [1.807, 2.05) is 19.1 Å². The first-order chi connectivity index (χ1) is 13.0. The predicted molar refractivity (Wildman–Crippen MR) is 107 cm³/mol. The fraction of sp³-hybridized carbons (Fsp3) is 0.500. The van der Waals surface area contributed by atoms with Crippen molar-refractivity contribution < 1.29 is 17.7 Å². The fourth-order valence-electron chi connectivity index (χ4n) is 3.04. The van der Waals surface area contributed by atoms with Crippen molar-refractivity contribution in [2.24, 2.45) is 5.92 Å². The maximum atomic E-state index is 12.5. The van der Waals surface area contributed by atoms with Gasteiger partial charge in [0.05, 0.1) is 12.1 Å². The molecule has 0 aliphatic carbocycles. The summed E-state index contributed by atoms with van der Waals surface area (Å²) in [4.78, 5) is 12.5. The van der Waals surface area contributed by atoms with E-state index >= 15 is 0 Å². The van der Waals surface area contributed by atoms with E-state index in [1.165, 1.54) is 19.4 Å². The van der Waals surface area contributed by atoms with Gasteiger partial charge in [-0.1, -0.05) is 43.3 Å². The lowest BCUT2D eigenvalue weighted by molar-refractivity contribution is -0.123. The van der Waals surface area contributed by atoms with Crippen molar-refractivity contribution in [3.05, 3.63) is 46.8 Å². The molecule has 0 radical (unpaired) electrons. The number of nitrogens with zero attached hydrogens (tertiary/aromatic N) is 1. The van der Waals surface area contributed by atoms with Crippen molar-refractivity contribution in [3.8, 4) is 0 Å². The number of hydrogen-bond donors (Lipinski definition) is 2. The van der Waals surface area contributed by atoms with Gasteiger partial charge in [-0.3, -0.25) is 4.79 Å². The molecule has 1 aromatic carbocycles. The van der Waals surface area contributed by atoms with Gasteiger partial charge in [0, 0.05) is 0 Å². The van der Waals surface area contributed by atoms with Gasteiger partial charge in [0.1, 0.15) is 10.6 Å². The van der Waals surface area contributed by atoms with Crippen LogP contribution < -0.4 is 10.0 Å². The van der Waals surface area contributed by atoms with Crippen LogP contribution >= 0.6 is 0 Å². The van der Waals surface area contributed by atoms with Crippen molar-refractivity contribution in [1.29, 1.82) is 0 Å². The highest BCUT2D eigenvalue weighted by Gasteiger charge is 2.28. The molecule has 8 heteroatoms. The first kappa shape index (κ1) is 22.1. The summed E-state index contributed by atoms with van der Waals surface area (Å²) in [5, 5.41) is 6.50. The highest BCUT2D eigenvalue weighted by atomic mass is 32.2. The van der Waals surface area contributed by atoms with Crippen molar-refractivity contribution in [1.82, 2.24) is 15.2 Å². The van der Waals surface area contributed by atoms with E-state index in [9.17, 15) is 13.2 Å². The summed E-state index contributed by atoms with van der Waals surface area (Å²) < 4.78 is 32.4. The molecule has 0 saturated heterocycles. The summed E-state index contributed by atoms with van der Waals surface area (Å²) in [5.41, 5.74) is 2.46. The Morgan fingerprint density at radius 2 is 1.71 bits per heavy atom. The van der Waals surface area contributed by atoms with Gasteiger partial charge in [-0.25, -0.2) is 8.42 Å². The molecule has 28 heavy (non-hydrogen) atoms. The predicted octanol–water partition coefficient (Wildman–Crippen LogP) is 3.03. The molecule has 2 aromatic rings. The topological polar surface area (TPSA) is 101 Å². The number of benzene rings is 1. The minimum atomic E-state index is -3.91. The molecule has 0 spiro atoms. The minimum absolute atomic E-state index is 0.0269. The molecule has 1 heterocycles. The number of aromatic nitrogens is 1. The molecule has 2 atom stereocenters. The number of nitrogens with one attached hydrogen (secondary N) is 2. The van der Waals surface area contributed by atoms with E-state index in [4.69, 9.17) is 4.52 Å². The number of hydrogen-bond acceptors (Lipinski definition) is 5. The second-order valence-corrected chi connectivity index (χ2v) is 9.22. The van der Waals surface area contributed by atoms with E-state index in [0.717, 1.165) is 12.0 Å². The number of carbonyl (C=O) groups is 1. The number of carbonyl (C=O) groups excluding carboxylic acids is 1. The van der Waals surface area contributed by atoms with Gasteiger partial charge in [-0.2, -0.15) is 4.72 Å². The Morgan fingerprint density at radius 1 is 1.11 bits per heavy atom. The number of amides is 1. The van der Waals surface area contributed by atoms with Crippen LogP contribution in [-0.2, 0) is 21.2 Å². The van der Waals surface area contributed by atoms with Crippen LogP contribution in [-0.4, -0.2) is 25.5 Å². The molecule has 0 aliphatic heterocycles. The molecule has 154 valence electrons. The smallest absolute Gasteiger partial charge is 0.246 e. The van der Waals surface area contributed by atoms with Gasteiger partial charge in [-0.15, -0.1) is 0 Å². The minimum Gasteiger partial charge on any atom is -0.360 e. The molecule has 0 bridgehead atoms. The second kappa shape index (κ2) is 8.87. The fourth-order valence-corrected chi connectivity index (χ4v) is 4.57. The normalized spacial score (nSPS) is 14.1. The van der Waals surface area contributed by atoms with E-state index in [0.29, 0.717) is 5.92 Å². The van der Waals surface area contributed by atoms with Crippen molar-refractivity contribution in [2.75, 3.05) is 0 Å². The zero-order valence-electron chi connectivity index (χ0n) is 17.2. The van der Waals surface area contributed by atoms with Crippen LogP contribution in [0.5, 0.6) is 0 Å². The average Bonchev–Trinajstić information content (AvgIpc) is 2.93. The van der Waals surface area contributed by atoms with Crippen LogP contribution in [0.15, 0.2) is 33.7 Å². The molecule has 2 rings (SSSR count). The van der Waals surface area contributed by atoms with Crippen LogP contribution in [0.4, 0.5) is 0 Å². The first-order valence-electron chi connectivity index (χ1n) is 9.35. The Kier molecular flexibility index (Phi) is 7.01. The Bertz CT molecular complexity index is 898. The van der Waals surface area contributed by atoms with Gasteiger partial charge in [-0.05, 0) is 51.2 Å². The summed E-state index contributed by atoms with van der Waals surface area (Å²) >= 11 is 0. The van der Waals surface area contributed by atoms with Crippen LogP contribution in [0.25, 0.3) is 0 Å². The molecule has 1 aromatic heterocycles. The maximum Gasteiger partial charge on any atom is 0.246 e. The number of rotatable bonds is 8. The van der Waals surface area contributed by atoms with Crippen molar-refractivity contribution in [3.63, 3.8) is 0 Å². The van der Waals surface area contributed by atoms with Gasteiger partial charge in [0.2, 0.25) is 15.9 Å². The lowest BCUT2D eigenvalue weighted by Gasteiger charge is -2.19. The summed E-state index contributed by atoms with van der Waals surface area (Å²) in [7, 11) is -3.91. The van der Waals surface area contributed by atoms with E-state index in [1.54, 1.807) is 6.92 Å². The zero-order valence-corrected chi connectivity index (χ0v) is 18.1. The summed E-state index contributed by atoms with van der Waals surface area (Å²) in [6.07, 6.45) is 1.00. The molecule has 7 nitrogen and oxygen atoms in total. The molecular weight excluding hydrogens is 378 g/mol. The van der Waals surface area contributed by atoms with Gasteiger partial charge < -0.3 is 9.84 Å². The molecule has 1 amide bonds. The Balaban J connectivity index is 2.01. The Labute approximate surface area is 166 Å². The third kappa shape index (κ3) is 5.42. The third-order valence-corrected chi connectivity index (χ3v) is 6.23. The monoisotopic (exact) mass is 407 g/mol. The van der Waals surface area contributed by atoms with E-state index in [-0.39, 0.29) is 22.4 Å². The van der Waals surface area contributed by atoms with E-state index in [2.05, 4.69) is 41.2 Å². The highest BCUT2D eigenvalue weighted by Crippen LogP contribution is 2.19. The average molecular weight is 408 g/mol. The standard InChI is InChI=1S/C20H29N3O4S/c1-12(2)11-17-7-9-18(10-8-17)13(3)21-20(24)15(5)23-28(25,26)19-14(4)22-27-16(19)6/h7-10,12-13,15,23H,11H2,1-6H3,(H,21,24). The maximum absolute atomic E-state index is 12.5. The van der Waals surface area contributed by atoms with Crippen molar-refractivity contribution in [2.45, 2.75) is 64.9 Å². The molecule has 0 aliphatic rings. The second-order valence-electron chi connectivity index (χ2n) is 7.57. The Morgan fingerprint density at radius 3 is 2.21 bits per heavy atom. The van der Waals surface area contributed by atoms with Gasteiger partial charge in [0.25, 0.3) is 0 Å². The van der Waals surface area contributed by atoms with Crippen LogP contribution in [0.2, 0.25) is 0 Å². The Hall–Kier alpha value is -2.19. The van der Waals surface area contributed by atoms with Crippen LogP contribution in [0.3, 0.4) is 0 Å². The summed E-state index contributed by atoms with van der Waals surface area (Å²) in [5.74, 6) is 0.358. The van der Waals surface area contributed by atoms with Gasteiger partial charge >= 0.3 is 0 Å². The van der Waals surface area contributed by atoms with Crippen molar-refractivity contribution >= 4 is 15.9 Å². The summed E-state index contributed by atoms with van der Waals surface area (Å²) in [6, 6.07) is 6.90. The first-order valence-corrected chi connectivity index (χ1v) is 10.8. The van der Waals surface area contributed by atoms with E-state index < -0.39 is 22.0 Å². The van der Waals surface area contributed by atoms with Crippen LogP contribution in [0, 0.1) is 19.8 Å². The third-order valence-electron chi connectivity index (χ3n) is 4.44. The molecule has 0 saturated carbocycles. The number of aryl methyl sites for hydroxylation is 2. The van der Waals surface area contributed by atoms with Gasteiger partial charge in [0.15, 0.2) is 5.76 Å². The largest absolute Gasteiger partial charge is 0.360 e. The van der Waals surface area contributed by atoms with Crippen LogP contribution in [0.1, 0.15) is 56.3 Å². The number of sulfonamides is 1. The lowest BCUT2D eigenvalue weighted by Crippen LogP contribution is -2.45. The quantitative estimate of drug-likeness (QED) is 0.700. The summed E-state index contributed by atoms with van der Waals surface area (Å²) in [6.45, 7) is 10.8. The molecule has 0 fully saturated rings. The zero-order chi connectivity index (χ0) is 21.1. The SMILES string of the molecule is Cc1noc(C)c1S(=O)(=O)NC(C)C(=O)NC(C)c1ccc(CC(C)C)cc1. The lowest BCUT2D eigenvalue weighted by atomic mass is 10.00. The molecule has 2 N–H and O–H groups in total.